The molecule has 0 aliphatic carbocycles. The van der Waals surface area contributed by atoms with Crippen LogP contribution in [-0.4, -0.2) is 64.4 Å². The molecule has 0 unspecified atom stereocenters. The van der Waals surface area contributed by atoms with Crippen molar-refractivity contribution in [2.75, 3.05) is 27.1 Å². The van der Waals surface area contributed by atoms with E-state index in [1.54, 1.807) is 55.1 Å². The Morgan fingerprint density at radius 3 is 2.26 bits per heavy atom. The van der Waals surface area contributed by atoms with Crippen molar-refractivity contribution in [3.63, 3.8) is 0 Å². The van der Waals surface area contributed by atoms with Gasteiger partial charge in [-0.1, -0.05) is 36.0 Å². The number of carbonyl (C=O) groups is 2. The topological polar surface area (TPSA) is 120 Å². The molecule has 0 saturated heterocycles. The monoisotopic (exact) mass is 600 g/mol. The summed E-state index contributed by atoms with van der Waals surface area (Å²) in [5.41, 5.74) is 3.13. The van der Waals surface area contributed by atoms with E-state index < -0.39 is 0 Å². The highest BCUT2D eigenvalue weighted by Crippen LogP contribution is 2.35. The lowest BCUT2D eigenvalue weighted by Gasteiger charge is -2.22. The zero-order chi connectivity index (χ0) is 30.3. The van der Waals surface area contributed by atoms with Gasteiger partial charge in [-0.2, -0.15) is 5.10 Å². The van der Waals surface area contributed by atoms with Crippen molar-refractivity contribution in [2.24, 2.45) is 12.1 Å². The third-order valence-electron chi connectivity index (χ3n) is 7.10. The first-order chi connectivity index (χ1) is 20.9. The number of ether oxygens (including phenoxy) is 3. The van der Waals surface area contributed by atoms with Gasteiger partial charge >= 0.3 is 0 Å². The van der Waals surface area contributed by atoms with Crippen LogP contribution in [-0.2, 0) is 18.4 Å². The minimum Gasteiger partial charge on any atom is -0.497 e. The molecule has 1 N–H and O–H groups in total. The van der Waals surface area contributed by atoms with E-state index in [-0.39, 0.29) is 30.2 Å². The SMILES string of the molecule is COc1ccc(C2=NN(C(=O)CSc3nnc(CNC(=O)c4ccccc4OC)n3C)[C@H](c3ccc(OC)cc3)C2)cc1. The van der Waals surface area contributed by atoms with Crippen LogP contribution in [0.1, 0.15) is 39.8 Å². The van der Waals surface area contributed by atoms with E-state index >= 15 is 0 Å². The largest absolute Gasteiger partial charge is 0.497 e. The van der Waals surface area contributed by atoms with Crippen molar-refractivity contribution in [1.29, 1.82) is 0 Å². The van der Waals surface area contributed by atoms with E-state index in [4.69, 9.17) is 19.3 Å². The van der Waals surface area contributed by atoms with Crippen molar-refractivity contribution in [2.45, 2.75) is 24.2 Å². The predicted molar refractivity (Wildman–Crippen MR) is 163 cm³/mol. The van der Waals surface area contributed by atoms with Gasteiger partial charge in [0.1, 0.15) is 17.2 Å². The summed E-state index contributed by atoms with van der Waals surface area (Å²) in [6, 6.07) is 22.0. The van der Waals surface area contributed by atoms with Crippen LogP contribution < -0.4 is 19.5 Å². The van der Waals surface area contributed by atoms with E-state index in [0.29, 0.717) is 28.7 Å². The van der Waals surface area contributed by atoms with Gasteiger partial charge < -0.3 is 24.1 Å². The molecule has 1 aromatic heterocycles. The predicted octanol–water partition coefficient (Wildman–Crippen LogP) is 4.24. The van der Waals surface area contributed by atoms with Crippen LogP contribution in [0, 0.1) is 0 Å². The Hall–Kier alpha value is -4.84. The van der Waals surface area contributed by atoms with E-state index in [0.717, 1.165) is 28.3 Å². The number of nitrogens with one attached hydrogen (secondary N) is 1. The number of rotatable bonds is 11. The standard InChI is InChI=1S/C31H32N6O5S/c1-36-28(18-32-30(39)24-7-5-6-8-27(24)42-4)33-34-31(36)43-19-29(38)37-26(21-11-15-23(41-3)16-12-21)17-25(35-37)20-9-13-22(40-2)14-10-20/h5-16,26H,17-19H2,1-4H3,(H,32,39)/t26-/m0/s1. The van der Waals surface area contributed by atoms with Gasteiger partial charge in [0.15, 0.2) is 11.0 Å². The van der Waals surface area contributed by atoms with E-state index in [1.807, 2.05) is 48.5 Å². The second-order valence-corrected chi connectivity index (χ2v) is 10.6. The lowest BCUT2D eigenvalue weighted by molar-refractivity contribution is -0.130. The summed E-state index contributed by atoms with van der Waals surface area (Å²) < 4.78 is 17.6. The number of methoxy groups -OCH3 is 3. The van der Waals surface area contributed by atoms with Crippen LogP contribution >= 0.6 is 11.8 Å². The molecule has 5 rings (SSSR count). The molecule has 0 fully saturated rings. The van der Waals surface area contributed by atoms with Crippen molar-refractivity contribution >= 4 is 29.3 Å². The summed E-state index contributed by atoms with van der Waals surface area (Å²) >= 11 is 1.26. The molecule has 43 heavy (non-hydrogen) atoms. The fourth-order valence-electron chi connectivity index (χ4n) is 4.69. The van der Waals surface area contributed by atoms with E-state index in [9.17, 15) is 9.59 Å². The van der Waals surface area contributed by atoms with Crippen LogP contribution in [0.5, 0.6) is 17.2 Å². The summed E-state index contributed by atoms with van der Waals surface area (Å²) in [5.74, 6) is 2.18. The van der Waals surface area contributed by atoms with Crippen molar-refractivity contribution in [3.05, 3.63) is 95.3 Å². The number of hydrogen-bond acceptors (Lipinski definition) is 9. The van der Waals surface area contributed by atoms with Gasteiger partial charge in [0.2, 0.25) is 0 Å². The smallest absolute Gasteiger partial charge is 0.255 e. The van der Waals surface area contributed by atoms with Gasteiger partial charge in [-0.15, -0.1) is 10.2 Å². The van der Waals surface area contributed by atoms with Gasteiger partial charge in [0.05, 0.1) is 50.9 Å². The highest BCUT2D eigenvalue weighted by molar-refractivity contribution is 7.99. The number of para-hydroxylation sites is 1. The zero-order valence-electron chi connectivity index (χ0n) is 24.3. The first-order valence-corrected chi connectivity index (χ1v) is 14.5. The van der Waals surface area contributed by atoms with Gasteiger partial charge in [0.25, 0.3) is 11.8 Å². The summed E-state index contributed by atoms with van der Waals surface area (Å²) in [6.45, 7) is 0.163. The number of benzene rings is 3. The molecule has 1 aliphatic heterocycles. The number of aromatic nitrogens is 3. The van der Waals surface area contributed by atoms with Crippen molar-refractivity contribution in [1.82, 2.24) is 25.1 Å². The Labute approximate surface area is 253 Å². The molecule has 11 nitrogen and oxygen atoms in total. The quantitative estimate of drug-likeness (QED) is 0.254. The zero-order valence-corrected chi connectivity index (χ0v) is 25.1. The molecule has 1 aliphatic rings. The molecule has 3 aromatic carbocycles. The van der Waals surface area contributed by atoms with Gasteiger partial charge in [-0.05, 0) is 59.7 Å². The maximum atomic E-state index is 13.6. The third kappa shape index (κ3) is 6.64. The molecule has 2 amide bonds. The fraction of sp³-hybridized carbons (Fsp3) is 0.258. The highest BCUT2D eigenvalue weighted by atomic mass is 32.2. The Balaban J connectivity index is 1.27. The Morgan fingerprint density at radius 1 is 0.907 bits per heavy atom. The normalized spacial score (nSPS) is 14.3. The van der Waals surface area contributed by atoms with Gasteiger partial charge in [-0.3, -0.25) is 9.59 Å². The van der Waals surface area contributed by atoms with Crippen LogP contribution in [0.15, 0.2) is 83.1 Å². The maximum absolute atomic E-state index is 13.6. The fourth-order valence-corrected chi connectivity index (χ4v) is 5.47. The Bertz CT molecular complexity index is 1620. The van der Waals surface area contributed by atoms with E-state index in [2.05, 4.69) is 15.5 Å². The van der Waals surface area contributed by atoms with Crippen molar-refractivity contribution < 1.29 is 23.8 Å². The minimum absolute atomic E-state index is 0.103. The average Bonchev–Trinajstić information content (AvgIpc) is 3.66. The molecular formula is C31H32N6O5S. The van der Waals surface area contributed by atoms with Crippen LogP contribution in [0.4, 0.5) is 0 Å². The number of hydrogen-bond donors (Lipinski definition) is 1. The molecule has 0 radical (unpaired) electrons. The molecule has 0 saturated carbocycles. The summed E-state index contributed by atoms with van der Waals surface area (Å²) in [4.78, 5) is 26.3. The van der Waals surface area contributed by atoms with Crippen LogP contribution in [0.25, 0.3) is 0 Å². The molecule has 0 spiro atoms. The molecule has 1 atom stereocenters. The third-order valence-corrected chi connectivity index (χ3v) is 8.10. The summed E-state index contributed by atoms with van der Waals surface area (Å²) in [7, 11) is 6.56. The van der Waals surface area contributed by atoms with Gasteiger partial charge in [0, 0.05) is 13.5 Å². The van der Waals surface area contributed by atoms with Gasteiger partial charge in [-0.25, -0.2) is 5.01 Å². The number of amides is 2. The number of nitrogens with zero attached hydrogens (tertiary/aromatic N) is 5. The lowest BCUT2D eigenvalue weighted by atomic mass is 9.98. The molecule has 222 valence electrons. The Morgan fingerprint density at radius 2 is 1.58 bits per heavy atom. The minimum atomic E-state index is -0.283. The van der Waals surface area contributed by atoms with Crippen molar-refractivity contribution in [3.8, 4) is 17.2 Å². The molecule has 0 bridgehead atoms. The molecular weight excluding hydrogens is 568 g/mol. The average molecular weight is 601 g/mol. The second kappa shape index (κ2) is 13.4. The lowest BCUT2D eigenvalue weighted by Crippen LogP contribution is -2.28. The number of hydrazone groups is 1. The van der Waals surface area contributed by atoms with Crippen LogP contribution in [0.3, 0.4) is 0 Å². The first kappa shape index (κ1) is 29.6. The molecule has 12 heteroatoms. The second-order valence-electron chi connectivity index (χ2n) is 9.64. The Kier molecular flexibility index (Phi) is 9.26. The van der Waals surface area contributed by atoms with Crippen LogP contribution in [0.2, 0.25) is 0 Å². The summed E-state index contributed by atoms with van der Waals surface area (Å²) in [5, 5.41) is 18.2. The highest BCUT2D eigenvalue weighted by Gasteiger charge is 2.33. The number of thioether (sulfide) groups is 1. The molecule has 4 aromatic rings. The maximum Gasteiger partial charge on any atom is 0.255 e. The first-order valence-electron chi connectivity index (χ1n) is 13.5. The molecule has 2 heterocycles. The number of carbonyl (C=O) groups excluding carboxylic acids is 2. The summed E-state index contributed by atoms with van der Waals surface area (Å²) in [6.07, 6.45) is 0.565. The van der Waals surface area contributed by atoms with E-state index in [1.165, 1.54) is 18.9 Å².